The summed E-state index contributed by atoms with van der Waals surface area (Å²) in [6, 6.07) is 1.86. The maximum absolute atomic E-state index is 9.64. The van der Waals surface area contributed by atoms with Crippen LogP contribution in [0.3, 0.4) is 0 Å². The Kier molecular flexibility index (Phi) is 4.69. The minimum Gasteiger partial charge on any atom is -0.389 e. The molecule has 0 amide bonds. The molecule has 1 aromatic heterocycles. The van der Waals surface area contributed by atoms with E-state index < -0.39 is 5.60 Å². The van der Waals surface area contributed by atoms with E-state index in [0.717, 1.165) is 24.6 Å². The summed E-state index contributed by atoms with van der Waals surface area (Å²) in [5.74, 6) is 2.26. The van der Waals surface area contributed by atoms with Crippen molar-refractivity contribution in [2.24, 2.45) is 0 Å². The molecular weight excluding hydrogens is 216 g/mol. The molecule has 0 aliphatic carbocycles. The SMILES string of the molecule is CCCNc1cc(NCC(C)(C)O)nc(C)n1. The van der Waals surface area contributed by atoms with E-state index in [1.807, 2.05) is 13.0 Å². The monoisotopic (exact) mass is 238 g/mol. The van der Waals surface area contributed by atoms with Crippen LogP contribution in [0, 0.1) is 6.92 Å². The van der Waals surface area contributed by atoms with Crippen molar-refractivity contribution < 1.29 is 5.11 Å². The number of anilines is 2. The number of hydrogen-bond acceptors (Lipinski definition) is 5. The maximum Gasteiger partial charge on any atom is 0.131 e. The van der Waals surface area contributed by atoms with E-state index in [-0.39, 0.29) is 0 Å². The lowest BCUT2D eigenvalue weighted by Gasteiger charge is -2.18. The fourth-order valence-corrected chi connectivity index (χ4v) is 1.31. The highest BCUT2D eigenvalue weighted by Gasteiger charge is 2.12. The van der Waals surface area contributed by atoms with Crippen LogP contribution in [0.15, 0.2) is 6.07 Å². The van der Waals surface area contributed by atoms with E-state index >= 15 is 0 Å². The van der Waals surface area contributed by atoms with Gasteiger partial charge in [-0.3, -0.25) is 0 Å². The van der Waals surface area contributed by atoms with Gasteiger partial charge in [-0.05, 0) is 27.2 Å². The molecule has 0 atom stereocenters. The third kappa shape index (κ3) is 5.49. The second-order valence-corrected chi connectivity index (χ2v) is 4.78. The molecule has 0 bridgehead atoms. The number of nitrogens with one attached hydrogen (secondary N) is 2. The van der Waals surface area contributed by atoms with Crippen LogP contribution in [-0.2, 0) is 0 Å². The van der Waals surface area contributed by atoms with Crippen LogP contribution in [-0.4, -0.2) is 33.8 Å². The smallest absolute Gasteiger partial charge is 0.131 e. The summed E-state index contributed by atoms with van der Waals surface area (Å²) in [4.78, 5) is 8.56. The molecule has 0 aliphatic rings. The normalized spacial score (nSPS) is 11.4. The van der Waals surface area contributed by atoms with Gasteiger partial charge in [0, 0.05) is 19.2 Å². The van der Waals surface area contributed by atoms with Gasteiger partial charge in [-0.2, -0.15) is 0 Å². The first-order valence-electron chi connectivity index (χ1n) is 5.96. The lowest BCUT2D eigenvalue weighted by atomic mass is 10.1. The number of aliphatic hydroxyl groups is 1. The fraction of sp³-hybridized carbons (Fsp3) is 0.667. The van der Waals surface area contributed by atoms with Gasteiger partial charge in [0.15, 0.2) is 0 Å². The first kappa shape index (κ1) is 13.7. The van der Waals surface area contributed by atoms with E-state index in [1.165, 1.54) is 0 Å². The Hall–Kier alpha value is -1.36. The van der Waals surface area contributed by atoms with E-state index in [9.17, 15) is 5.11 Å². The third-order valence-corrected chi connectivity index (χ3v) is 2.10. The molecule has 0 radical (unpaired) electrons. The van der Waals surface area contributed by atoms with Crippen LogP contribution in [0.4, 0.5) is 11.6 Å². The standard InChI is InChI=1S/C12H22N4O/c1-5-6-13-10-7-11(16-9(2)15-10)14-8-12(3,4)17/h7,17H,5-6,8H2,1-4H3,(H2,13,14,15,16). The summed E-state index contributed by atoms with van der Waals surface area (Å²) in [5, 5.41) is 16.0. The molecule has 1 rings (SSSR count). The zero-order chi connectivity index (χ0) is 12.9. The Bertz CT molecular complexity index is 360. The molecule has 5 heteroatoms. The van der Waals surface area contributed by atoms with Gasteiger partial charge in [0.25, 0.3) is 0 Å². The van der Waals surface area contributed by atoms with Crippen LogP contribution < -0.4 is 10.6 Å². The Labute approximate surface area is 103 Å². The van der Waals surface area contributed by atoms with Gasteiger partial charge in [0.1, 0.15) is 17.5 Å². The molecule has 0 saturated carbocycles. The van der Waals surface area contributed by atoms with Crippen LogP contribution in [0.1, 0.15) is 33.0 Å². The summed E-state index contributed by atoms with van der Waals surface area (Å²) < 4.78 is 0. The van der Waals surface area contributed by atoms with Crippen molar-refractivity contribution in [2.45, 2.75) is 39.7 Å². The second kappa shape index (κ2) is 5.82. The van der Waals surface area contributed by atoms with E-state index in [4.69, 9.17) is 0 Å². The largest absolute Gasteiger partial charge is 0.389 e. The number of aryl methyl sites for hydroxylation is 1. The highest BCUT2D eigenvalue weighted by atomic mass is 16.3. The van der Waals surface area contributed by atoms with Gasteiger partial charge in [-0.15, -0.1) is 0 Å². The Morgan fingerprint density at radius 3 is 2.35 bits per heavy atom. The Morgan fingerprint density at radius 1 is 1.24 bits per heavy atom. The minimum atomic E-state index is -0.754. The molecule has 96 valence electrons. The predicted molar refractivity (Wildman–Crippen MR) is 70.3 cm³/mol. The molecule has 5 nitrogen and oxygen atoms in total. The molecule has 0 fully saturated rings. The molecule has 0 spiro atoms. The van der Waals surface area contributed by atoms with Crippen molar-refractivity contribution in [3.8, 4) is 0 Å². The molecule has 1 heterocycles. The summed E-state index contributed by atoms with van der Waals surface area (Å²) in [6.07, 6.45) is 1.05. The number of rotatable bonds is 6. The van der Waals surface area contributed by atoms with Gasteiger partial charge in [0.2, 0.25) is 0 Å². The van der Waals surface area contributed by atoms with Crippen molar-refractivity contribution in [3.63, 3.8) is 0 Å². The van der Waals surface area contributed by atoms with Crippen LogP contribution in [0.25, 0.3) is 0 Å². The molecule has 1 aromatic rings. The average Bonchev–Trinajstić information content (AvgIpc) is 2.22. The molecule has 0 saturated heterocycles. The number of nitrogens with zero attached hydrogens (tertiary/aromatic N) is 2. The topological polar surface area (TPSA) is 70.1 Å². The summed E-state index contributed by atoms with van der Waals surface area (Å²) in [5.41, 5.74) is -0.754. The highest BCUT2D eigenvalue weighted by molar-refractivity contribution is 5.47. The molecular formula is C12H22N4O. The minimum absolute atomic E-state index is 0.455. The van der Waals surface area contributed by atoms with Crippen molar-refractivity contribution in [3.05, 3.63) is 11.9 Å². The number of aromatic nitrogens is 2. The zero-order valence-electron chi connectivity index (χ0n) is 11.0. The van der Waals surface area contributed by atoms with Gasteiger partial charge in [-0.1, -0.05) is 6.92 Å². The Morgan fingerprint density at radius 2 is 1.82 bits per heavy atom. The van der Waals surface area contributed by atoms with Crippen LogP contribution in [0.5, 0.6) is 0 Å². The summed E-state index contributed by atoms with van der Waals surface area (Å²) in [7, 11) is 0. The molecule has 17 heavy (non-hydrogen) atoms. The van der Waals surface area contributed by atoms with Gasteiger partial charge < -0.3 is 15.7 Å². The quantitative estimate of drug-likeness (QED) is 0.705. The van der Waals surface area contributed by atoms with Crippen molar-refractivity contribution in [2.75, 3.05) is 23.7 Å². The molecule has 0 unspecified atom stereocenters. The van der Waals surface area contributed by atoms with Crippen molar-refractivity contribution in [1.82, 2.24) is 9.97 Å². The first-order chi connectivity index (χ1) is 7.90. The lowest BCUT2D eigenvalue weighted by molar-refractivity contribution is 0.0944. The number of hydrogen-bond donors (Lipinski definition) is 3. The van der Waals surface area contributed by atoms with Crippen molar-refractivity contribution in [1.29, 1.82) is 0 Å². The van der Waals surface area contributed by atoms with Gasteiger partial charge >= 0.3 is 0 Å². The van der Waals surface area contributed by atoms with Gasteiger partial charge in [0.05, 0.1) is 5.60 Å². The van der Waals surface area contributed by atoms with Crippen molar-refractivity contribution >= 4 is 11.6 Å². The second-order valence-electron chi connectivity index (χ2n) is 4.78. The van der Waals surface area contributed by atoms with E-state index in [0.29, 0.717) is 12.4 Å². The zero-order valence-corrected chi connectivity index (χ0v) is 11.0. The average molecular weight is 238 g/mol. The maximum atomic E-state index is 9.64. The lowest BCUT2D eigenvalue weighted by Crippen LogP contribution is -2.29. The van der Waals surface area contributed by atoms with E-state index in [1.54, 1.807) is 13.8 Å². The third-order valence-electron chi connectivity index (χ3n) is 2.10. The van der Waals surface area contributed by atoms with Gasteiger partial charge in [-0.25, -0.2) is 9.97 Å². The molecule has 0 aliphatic heterocycles. The summed E-state index contributed by atoms with van der Waals surface area (Å²) in [6.45, 7) is 8.81. The molecule has 0 aromatic carbocycles. The van der Waals surface area contributed by atoms with Crippen LogP contribution >= 0.6 is 0 Å². The fourth-order valence-electron chi connectivity index (χ4n) is 1.31. The molecule has 3 N–H and O–H groups in total. The van der Waals surface area contributed by atoms with E-state index in [2.05, 4.69) is 27.5 Å². The Balaban J connectivity index is 2.68. The predicted octanol–water partition coefficient (Wildman–Crippen LogP) is 1.79. The van der Waals surface area contributed by atoms with Crippen LogP contribution in [0.2, 0.25) is 0 Å². The first-order valence-corrected chi connectivity index (χ1v) is 5.96. The summed E-state index contributed by atoms with van der Waals surface area (Å²) >= 11 is 0. The highest BCUT2D eigenvalue weighted by Crippen LogP contribution is 2.12.